The van der Waals surface area contributed by atoms with Gasteiger partial charge in [0.25, 0.3) is 5.56 Å². The van der Waals surface area contributed by atoms with Gasteiger partial charge in [-0.15, -0.1) is 0 Å². The van der Waals surface area contributed by atoms with Gasteiger partial charge in [0.1, 0.15) is 23.7 Å². The van der Waals surface area contributed by atoms with Gasteiger partial charge in [-0.3, -0.25) is 14.3 Å². The molecule has 3 atom stereocenters. The fourth-order valence-corrected chi connectivity index (χ4v) is 5.52. The molecule has 0 saturated carbocycles. The largest absolute Gasteiger partial charge is 0.497 e. The lowest BCUT2D eigenvalue weighted by Gasteiger charge is -2.37. The van der Waals surface area contributed by atoms with Gasteiger partial charge >= 0.3 is 0 Å². The van der Waals surface area contributed by atoms with Crippen LogP contribution in [0.4, 0.5) is 5.95 Å². The molecule has 6 rings (SSSR count). The third kappa shape index (κ3) is 5.60. The number of ether oxygens (including phenoxy) is 3. The second-order valence-corrected chi connectivity index (χ2v) is 10.8. The summed E-state index contributed by atoms with van der Waals surface area (Å²) < 4.78 is 20.4. The normalized spacial score (nSPS) is 18.7. The molecule has 3 aromatic carbocycles. The molecular weight excluding hydrogens is 560 g/mol. The Kier molecular flexibility index (Phi) is 8.25. The van der Waals surface area contributed by atoms with Crippen LogP contribution in [0.2, 0.25) is 0 Å². The van der Waals surface area contributed by atoms with E-state index in [0.717, 1.165) is 22.4 Å². The first kappa shape index (κ1) is 29.2. The van der Waals surface area contributed by atoms with Crippen LogP contribution in [0.15, 0.2) is 101 Å². The minimum absolute atomic E-state index is 0.0759. The molecule has 2 aromatic heterocycles. The van der Waals surface area contributed by atoms with Gasteiger partial charge in [0.05, 0.1) is 32.5 Å². The Hall–Kier alpha value is -4.84. The number of hydrogen-bond acceptors (Lipinski definition) is 8. The van der Waals surface area contributed by atoms with E-state index in [-0.39, 0.29) is 24.5 Å². The molecule has 0 spiro atoms. The summed E-state index contributed by atoms with van der Waals surface area (Å²) in [7, 11) is 5.27. The molecule has 0 aliphatic carbocycles. The van der Waals surface area contributed by atoms with Gasteiger partial charge in [0.2, 0.25) is 5.95 Å². The van der Waals surface area contributed by atoms with Crippen LogP contribution in [0.1, 0.15) is 29.3 Å². The standard InChI is InChI=1S/C33H34N6O5/c1-38(2)20-35-32-36-30-29(31(41)37-32)34-21-39(30)28-18-26(40)27(44-28)19-43-33(22-10-6-4-7-11-22,23-12-8-5-9-13-23)24-14-16-25(42-3)17-15-24/h4-17,20-21,26-28,40H,18-19H2,1-3H3,(H,36,37,41)/t26-,27-,28-/m1/s1. The number of aliphatic hydroxyl groups excluding tert-OH is 1. The summed E-state index contributed by atoms with van der Waals surface area (Å²) in [5.41, 5.74) is 1.82. The lowest BCUT2D eigenvalue weighted by Crippen LogP contribution is -2.38. The van der Waals surface area contributed by atoms with Crippen molar-refractivity contribution in [3.05, 3.63) is 118 Å². The average Bonchev–Trinajstić information content (AvgIpc) is 3.65. The molecule has 0 radical (unpaired) electrons. The molecule has 1 saturated heterocycles. The Morgan fingerprint density at radius 2 is 1.68 bits per heavy atom. The molecule has 1 fully saturated rings. The van der Waals surface area contributed by atoms with E-state index in [0.29, 0.717) is 5.65 Å². The molecule has 226 valence electrons. The highest BCUT2D eigenvalue weighted by Gasteiger charge is 2.42. The molecule has 44 heavy (non-hydrogen) atoms. The lowest BCUT2D eigenvalue weighted by atomic mass is 9.80. The van der Waals surface area contributed by atoms with Gasteiger partial charge in [-0.1, -0.05) is 72.8 Å². The fourth-order valence-electron chi connectivity index (χ4n) is 5.52. The number of aliphatic hydroxyl groups is 1. The summed E-state index contributed by atoms with van der Waals surface area (Å²) in [6, 6.07) is 27.8. The van der Waals surface area contributed by atoms with Crippen molar-refractivity contribution in [2.75, 3.05) is 27.8 Å². The molecule has 11 heteroatoms. The van der Waals surface area contributed by atoms with Crippen LogP contribution >= 0.6 is 0 Å². The maximum absolute atomic E-state index is 12.7. The predicted molar refractivity (Wildman–Crippen MR) is 166 cm³/mol. The van der Waals surface area contributed by atoms with Crippen LogP contribution in [0.25, 0.3) is 11.2 Å². The van der Waals surface area contributed by atoms with Crippen LogP contribution in [0.5, 0.6) is 5.75 Å². The van der Waals surface area contributed by atoms with E-state index in [4.69, 9.17) is 14.2 Å². The molecule has 0 bridgehead atoms. The van der Waals surface area contributed by atoms with Gasteiger partial charge in [0.15, 0.2) is 11.2 Å². The number of aromatic nitrogens is 4. The van der Waals surface area contributed by atoms with Gasteiger partial charge in [-0.2, -0.15) is 4.98 Å². The summed E-state index contributed by atoms with van der Waals surface area (Å²) in [6.07, 6.45) is 1.18. The molecule has 1 aliphatic rings. The van der Waals surface area contributed by atoms with Crippen molar-refractivity contribution in [1.82, 2.24) is 24.4 Å². The van der Waals surface area contributed by atoms with Crippen LogP contribution in [-0.4, -0.2) is 75.9 Å². The Morgan fingerprint density at radius 3 is 2.30 bits per heavy atom. The first-order valence-electron chi connectivity index (χ1n) is 14.3. The van der Waals surface area contributed by atoms with Crippen molar-refractivity contribution >= 4 is 23.5 Å². The highest BCUT2D eigenvalue weighted by Crippen LogP contribution is 2.42. The quantitative estimate of drug-likeness (QED) is 0.141. The van der Waals surface area contributed by atoms with Crippen LogP contribution in [0.3, 0.4) is 0 Å². The van der Waals surface area contributed by atoms with Gasteiger partial charge in [0, 0.05) is 20.5 Å². The van der Waals surface area contributed by atoms with E-state index in [1.165, 1.54) is 6.33 Å². The number of methoxy groups -OCH3 is 1. The molecule has 11 nitrogen and oxygen atoms in total. The van der Waals surface area contributed by atoms with Crippen molar-refractivity contribution in [3.63, 3.8) is 0 Å². The van der Waals surface area contributed by atoms with Crippen LogP contribution in [-0.2, 0) is 15.1 Å². The van der Waals surface area contributed by atoms with E-state index < -0.39 is 29.6 Å². The number of hydrogen-bond donors (Lipinski definition) is 2. The molecule has 3 heterocycles. The Bertz CT molecular complexity index is 1750. The van der Waals surface area contributed by atoms with E-state index in [1.807, 2.05) is 99.0 Å². The molecule has 0 amide bonds. The third-order valence-electron chi connectivity index (χ3n) is 7.67. The number of aromatic amines is 1. The van der Waals surface area contributed by atoms with E-state index >= 15 is 0 Å². The highest BCUT2D eigenvalue weighted by molar-refractivity contribution is 5.71. The van der Waals surface area contributed by atoms with Crippen molar-refractivity contribution < 1.29 is 19.3 Å². The number of rotatable bonds is 10. The number of fused-ring (bicyclic) bond motifs is 1. The topological polar surface area (TPSA) is 127 Å². The minimum Gasteiger partial charge on any atom is -0.497 e. The Morgan fingerprint density at radius 1 is 1.05 bits per heavy atom. The number of H-pyrrole nitrogens is 1. The smallest absolute Gasteiger partial charge is 0.280 e. The summed E-state index contributed by atoms with van der Waals surface area (Å²) in [5.74, 6) is 0.878. The van der Waals surface area contributed by atoms with Gasteiger partial charge in [-0.25, -0.2) is 9.98 Å². The summed E-state index contributed by atoms with van der Waals surface area (Å²) in [6.45, 7) is 0.0759. The summed E-state index contributed by atoms with van der Waals surface area (Å²) in [4.78, 5) is 30.0. The molecule has 0 unspecified atom stereocenters. The summed E-state index contributed by atoms with van der Waals surface area (Å²) >= 11 is 0. The lowest BCUT2D eigenvalue weighted by molar-refractivity contribution is -0.0930. The number of benzene rings is 3. The van der Waals surface area contributed by atoms with Crippen molar-refractivity contribution in [2.24, 2.45) is 4.99 Å². The average molecular weight is 595 g/mol. The maximum Gasteiger partial charge on any atom is 0.280 e. The van der Waals surface area contributed by atoms with Crippen molar-refractivity contribution in [1.29, 1.82) is 0 Å². The maximum atomic E-state index is 12.7. The molecule has 2 N–H and O–H groups in total. The first-order chi connectivity index (χ1) is 21.4. The van der Waals surface area contributed by atoms with E-state index in [2.05, 4.69) is 19.9 Å². The SMILES string of the molecule is COc1ccc(C(OC[C@H]2O[C@@H](n3cnc4c(=O)[nH]c(N=CN(C)C)nc43)C[C@H]2O)(c2ccccc2)c2ccccc2)cc1. The van der Waals surface area contributed by atoms with Crippen LogP contribution < -0.4 is 10.3 Å². The van der Waals surface area contributed by atoms with E-state index in [9.17, 15) is 9.90 Å². The minimum atomic E-state index is -1.01. The second kappa shape index (κ2) is 12.4. The zero-order valence-electron chi connectivity index (χ0n) is 24.7. The molecule has 5 aromatic rings. The Labute approximate surface area is 254 Å². The first-order valence-corrected chi connectivity index (χ1v) is 14.3. The van der Waals surface area contributed by atoms with E-state index in [1.54, 1.807) is 22.9 Å². The predicted octanol–water partition coefficient (Wildman–Crippen LogP) is 4.01. The second-order valence-electron chi connectivity index (χ2n) is 10.8. The summed E-state index contributed by atoms with van der Waals surface area (Å²) in [5, 5.41) is 11.2. The zero-order valence-corrected chi connectivity index (χ0v) is 24.7. The number of imidazole rings is 1. The van der Waals surface area contributed by atoms with Gasteiger partial charge in [-0.05, 0) is 28.8 Å². The van der Waals surface area contributed by atoms with Crippen molar-refractivity contribution in [3.8, 4) is 5.75 Å². The molecular formula is C33H34N6O5. The zero-order chi connectivity index (χ0) is 30.7. The van der Waals surface area contributed by atoms with Gasteiger partial charge < -0.3 is 24.2 Å². The Balaban J connectivity index is 1.33. The monoisotopic (exact) mass is 594 g/mol. The molecule has 1 aliphatic heterocycles. The van der Waals surface area contributed by atoms with Crippen molar-refractivity contribution in [2.45, 2.75) is 30.5 Å². The fraction of sp³-hybridized carbons (Fsp3) is 0.273. The third-order valence-corrected chi connectivity index (χ3v) is 7.67. The number of aliphatic imine (C=N–C) groups is 1. The number of nitrogens with one attached hydrogen (secondary N) is 1. The highest BCUT2D eigenvalue weighted by atomic mass is 16.6. The number of nitrogens with zero attached hydrogens (tertiary/aromatic N) is 5. The van der Waals surface area contributed by atoms with Crippen LogP contribution in [0, 0.1) is 0 Å².